The first-order chi connectivity index (χ1) is 11.5. The molecule has 2 aromatic rings. The van der Waals surface area contributed by atoms with E-state index in [1.165, 1.54) is 0 Å². The maximum atomic E-state index is 11.9. The maximum Gasteiger partial charge on any atom is 0.316 e. The molecule has 7 heteroatoms. The van der Waals surface area contributed by atoms with Crippen LogP contribution in [0.1, 0.15) is 12.0 Å². The number of halogens is 1. The zero-order chi connectivity index (χ0) is 17.4. The topological polar surface area (TPSA) is 84.2 Å². The molecule has 0 spiro atoms. The minimum atomic E-state index is -0.605. The van der Waals surface area contributed by atoms with Crippen LogP contribution in [-0.2, 0) is 11.3 Å². The number of hydrogen-bond acceptors (Lipinski definition) is 3. The van der Waals surface area contributed by atoms with E-state index >= 15 is 0 Å². The minimum absolute atomic E-state index is 0.0195. The number of nitrogens with one attached hydrogen (secondary N) is 2. The number of carbonyl (C=O) groups excluding carboxylic acids is 2. The number of amides is 3. The molecule has 0 radical (unpaired) electrons. The molecule has 0 aliphatic carbocycles. The highest BCUT2D eigenvalue weighted by molar-refractivity contribution is 7.99. The smallest absolute Gasteiger partial charge is 0.316 e. The number of hydrogen-bond donors (Lipinski definition) is 3. The quantitative estimate of drug-likeness (QED) is 0.657. The van der Waals surface area contributed by atoms with E-state index in [9.17, 15) is 9.59 Å². The average molecular weight is 364 g/mol. The fraction of sp³-hybridized carbons (Fsp3) is 0.176. The number of carbonyl (C=O) groups is 2. The van der Waals surface area contributed by atoms with Gasteiger partial charge in [0.15, 0.2) is 0 Å². The lowest BCUT2D eigenvalue weighted by Gasteiger charge is -2.07. The molecule has 2 rings (SSSR count). The molecule has 0 saturated carbocycles. The van der Waals surface area contributed by atoms with Gasteiger partial charge in [0, 0.05) is 29.3 Å². The van der Waals surface area contributed by atoms with Crippen molar-refractivity contribution in [1.29, 1.82) is 0 Å². The van der Waals surface area contributed by atoms with Crippen LogP contribution >= 0.6 is 23.4 Å². The van der Waals surface area contributed by atoms with Gasteiger partial charge in [-0.1, -0.05) is 35.9 Å². The van der Waals surface area contributed by atoms with Crippen LogP contribution in [0, 0.1) is 0 Å². The van der Waals surface area contributed by atoms with Gasteiger partial charge in [-0.3, -0.25) is 4.79 Å². The van der Waals surface area contributed by atoms with Gasteiger partial charge < -0.3 is 16.4 Å². The zero-order valence-electron chi connectivity index (χ0n) is 12.9. The molecule has 0 heterocycles. The van der Waals surface area contributed by atoms with Crippen molar-refractivity contribution in [3.8, 4) is 0 Å². The lowest BCUT2D eigenvalue weighted by atomic mass is 10.2. The molecule has 0 aliphatic rings. The Morgan fingerprint density at radius 3 is 2.46 bits per heavy atom. The molecule has 2 aromatic carbocycles. The predicted octanol–water partition coefficient (Wildman–Crippen LogP) is 3.63. The van der Waals surface area contributed by atoms with Crippen molar-refractivity contribution in [1.82, 2.24) is 5.32 Å². The summed E-state index contributed by atoms with van der Waals surface area (Å²) in [6.45, 7) is 0.437. The van der Waals surface area contributed by atoms with E-state index < -0.39 is 6.03 Å². The van der Waals surface area contributed by atoms with E-state index in [1.807, 2.05) is 36.4 Å². The van der Waals surface area contributed by atoms with Crippen LogP contribution in [0.4, 0.5) is 10.5 Å². The third kappa shape index (κ3) is 6.14. The van der Waals surface area contributed by atoms with Gasteiger partial charge in [-0.2, -0.15) is 0 Å². The van der Waals surface area contributed by atoms with E-state index in [2.05, 4.69) is 10.6 Å². The predicted molar refractivity (Wildman–Crippen MR) is 98.3 cm³/mol. The number of nitrogens with two attached hydrogens (primary N) is 1. The fourth-order valence-corrected chi connectivity index (χ4v) is 3.14. The molecule has 0 atom stereocenters. The van der Waals surface area contributed by atoms with Gasteiger partial charge in [-0.15, -0.1) is 11.8 Å². The third-order valence-corrected chi connectivity index (χ3v) is 4.65. The molecule has 0 aromatic heterocycles. The van der Waals surface area contributed by atoms with Gasteiger partial charge in [-0.05, 0) is 29.8 Å². The van der Waals surface area contributed by atoms with Crippen molar-refractivity contribution < 1.29 is 9.59 Å². The van der Waals surface area contributed by atoms with Crippen molar-refractivity contribution in [2.45, 2.75) is 17.9 Å². The molecule has 0 aliphatic heterocycles. The largest absolute Gasteiger partial charge is 0.352 e. The van der Waals surface area contributed by atoms with Crippen LogP contribution in [0.15, 0.2) is 53.4 Å². The van der Waals surface area contributed by atoms with Crippen LogP contribution in [0.2, 0.25) is 5.02 Å². The summed E-state index contributed by atoms with van der Waals surface area (Å²) in [5.74, 6) is 0.644. The highest BCUT2D eigenvalue weighted by Gasteiger charge is 2.04. The van der Waals surface area contributed by atoms with E-state index in [0.29, 0.717) is 29.4 Å². The zero-order valence-corrected chi connectivity index (χ0v) is 14.5. The molecule has 4 N–H and O–H groups in total. The summed E-state index contributed by atoms with van der Waals surface area (Å²) in [7, 11) is 0. The molecule has 0 saturated heterocycles. The van der Waals surface area contributed by atoms with E-state index in [-0.39, 0.29) is 5.91 Å². The number of thioether (sulfide) groups is 1. The molecule has 3 amide bonds. The van der Waals surface area contributed by atoms with Crippen molar-refractivity contribution in [2.75, 3.05) is 11.1 Å². The molecule has 0 unspecified atom stereocenters. The first kappa shape index (κ1) is 18.2. The van der Waals surface area contributed by atoms with Gasteiger partial charge in [0.1, 0.15) is 0 Å². The molecule has 5 nitrogen and oxygen atoms in total. The van der Waals surface area contributed by atoms with Gasteiger partial charge in [0.25, 0.3) is 0 Å². The van der Waals surface area contributed by atoms with E-state index in [0.717, 1.165) is 10.5 Å². The molecule has 24 heavy (non-hydrogen) atoms. The van der Waals surface area contributed by atoms with E-state index in [4.69, 9.17) is 17.3 Å². The average Bonchev–Trinajstić information content (AvgIpc) is 2.55. The second kappa shape index (κ2) is 9.20. The first-order valence-electron chi connectivity index (χ1n) is 7.34. The Labute approximate surface area is 150 Å². The number of anilines is 1. The monoisotopic (exact) mass is 363 g/mol. The summed E-state index contributed by atoms with van der Waals surface area (Å²) < 4.78 is 0. The third-order valence-electron chi connectivity index (χ3n) is 3.13. The second-order valence-electron chi connectivity index (χ2n) is 4.99. The van der Waals surface area contributed by atoms with Crippen molar-refractivity contribution >= 4 is 41.0 Å². The van der Waals surface area contributed by atoms with Crippen LogP contribution in [0.5, 0.6) is 0 Å². The summed E-state index contributed by atoms with van der Waals surface area (Å²) in [5, 5.41) is 6.05. The van der Waals surface area contributed by atoms with Crippen LogP contribution in [0.25, 0.3) is 0 Å². The van der Waals surface area contributed by atoms with Crippen molar-refractivity contribution in [3.63, 3.8) is 0 Å². The van der Waals surface area contributed by atoms with Crippen molar-refractivity contribution in [3.05, 3.63) is 59.1 Å². The van der Waals surface area contributed by atoms with E-state index in [1.54, 1.807) is 23.9 Å². The Morgan fingerprint density at radius 2 is 1.79 bits per heavy atom. The molecule has 0 bridgehead atoms. The highest BCUT2D eigenvalue weighted by Crippen LogP contribution is 2.26. The summed E-state index contributed by atoms with van der Waals surface area (Å²) >= 11 is 7.63. The van der Waals surface area contributed by atoms with Crippen molar-refractivity contribution in [2.24, 2.45) is 5.73 Å². The first-order valence-corrected chi connectivity index (χ1v) is 8.70. The van der Waals surface area contributed by atoms with Gasteiger partial charge in [0.2, 0.25) is 5.91 Å². The number of primary amides is 1. The summed E-state index contributed by atoms with van der Waals surface area (Å²) in [6, 6.07) is 14.1. The Morgan fingerprint density at radius 1 is 1.08 bits per heavy atom. The van der Waals surface area contributed by atoms with Crippen LogP contribution < -0.4 is 16.4 Å². The SMILES string of the molecule is NC(=O)Nc1ccc(CNC(=O)CCSc2ccccc2Cl)cc1. The van der Waals surface area contributed by atoms with Gasteiger partial charge in [-0.25, -0.2) is 4.79 Å². The molecular formula is C17H18ClN3O2S. The Balaban J connectivity index is 1.71. The van der Waals surface area contributed by atoms with Crippen LogP contribution in [-0.4, -0.2) is 17.7 Å². The maximum absolute atomic E-state index is 11.9. The molecule has 0 fully saturated rings. The molecular weight excluding hydrogens is 346 g/mol. The summed E-state index contributed by atoms with van der Waals surface area (Å²) in [4.78, 5) is 23.6. The fourth-order valence-electron chi connectivity index (χ4n) is 1.95. The van der Waals surface area contributed by atoms with Gasteiger partial charge in [0.05, 0.1) is 5.02 Å². The number of urea groups is 1. The molecule has 126 valence electrons. The lowest BCUT2D eigenvalue weighted by molar-refractivity contribution is -0.120. The summed E-state index contributed by atoms with van der Waals surface area (Å²) in [5.41, 5.74) is 6.60. The normalized spacial score (nSPS) is 10.2. The van der Waals surface area contributed by atoms with Crippen LogP contribution in [0.3, 0.4) is 0 Å². The standard InChI is InChI=1S/C17H18ClN3O2S/c18-14-3-1-2-4-15(14)24-10-9-16(22)20-11-12-5-7-13(8-6-12)21-17(19)23/h1-8H,9-11H2,(H,20,22)(H3,19,21,23). The van der Waals surface area contributed by atoms with Gasteiger partial charge >= 0.3 is 6.03 Å². The highest BCUT2D eigenvalue weighted by atomic mass is 35.5. The number of benzene rings is 2. The Hall–Kier alpha value is -2.18. The lowest BCUT2D eigenvalue weighted by Crippen LogP contribution is -2.23. The minimum Gasteiger partial charge on any atom is -0.352 e. The number of rotatable bonds is 7. The summed E-state index contributed by atoms with van der Waals surface area (Å²) in [6.07, 6.45) is 0.414. The second-order valence-corrected chi connectivity index (χ2v) is 6.54. The Bertz CT molecular complexity index is 707. The Kier molecular flexibility index (Phi) is 6.96.